The van der Waals surface area contributed by atoms with Crippen LogP contribution in [-0.4, -0.2) is 5.33 Å². The van der Waals surface area contributed by atoms with Crippen LogP contribution in [-0.2, 0) is 0 Å². The van der Waals surface area contributed by atoms with Crippen molar-refractivity contribution in [2.75, 3.05) is 5.33 Å². The van der Waals surface area contributed by atoms with Gasteiger partial charge in [0.25, 0.3) is 0 Å². The Morgan fingerprint density at radius 2 is 1.27 bits per heavy atom. The number of unbranched alkanes of at least 4 members (excludes halogenated alkanes) is 8. The van der Waals surface area contributed by atoms with Crippen molar-refractivity contribution in [3.8, 4) is 11.8 Å². The van der Waals surface area contributed by atoms with Crippen molar-refractivity contribution in [2.24, 2.45) is 0 Å². The molecular weight excluding hydrogens is 248 g/mol. The van der Waals surface area contributed by atoms with Gasteiger partial charge in [-0.05, 0) is 19.3 Å². The molecule has 0 bridgehead atoms. The van der Waals surface area contributed by atoms with Gasteiger partial charge in [-0.1, -0.05) is 55.0 Å². The van der Waals surface area contributed by atoms with Crippen LogP contribution < -0.4 is 0 Å². The molecule has 0 atom stereocenters. The van der Waals surface area contributed by atoms with E-state index in [1.807, 2.05) is 0 Å². The Labute approximate surface area is 104 Å². The fourth-order valence-electron chi connectivity index (χ4n) is 1.46. The van der Waals surface area contributed by atoms with Gasteiger partial charge in [-0.3, -0.25) is 0 Å². The second-order valence-corrected chi connectivity index (χ2v) is 4.81. The first-order valence-corrected chi connectivity index (χ1v) is 7.55. The van der Waals surface area contributed by atoms with Gasteiger partial charge in [-0.2, -0.15) is 0 Å². The summed E-state index contributed by atoms with van der Waals surface area (Å²) in [6.07, 6.45) is 12.9. The first-order chi connectivity index (χ1) is 7.41. The molecule has 0 aliphatic heterocycles. The predicted molar refractivity (Wildman–Crippen MR) is 73.4 cm³/mol. The summed E-state index contributed by atoms with van der Waals surface area (Å²) in [5.41, 5.74) is 0. The molecule has 0 rings (SSSR count). The van der Waals surface area contributed by atoms with E-state index in [1.54, 1.807) is 0 Å². The molecule has 0 saturated heterocycles. The van der Waals surface area contributed by atoms with Crippen LogP contribution in [0.3, 0.4) is 0 Å². The summed E-state index contributed by atoms with van der Waals surface area (Å²) >= 11 is 3.46. The minimum absolute atomic E-state index is 1.10. The first kappa shape index (κ1) is 15.0. The van der Waals surface area contributed by atoms with Crippen LogP contribution in [0.1, 0.15) is 71.1 Å². The lowest BCUT2D eigenvalue weighted by Crippen LogP contribution is -1.80. The van der Waals surface area contributed by atoms with E-state index in [1.165, 1.54) is 51.4 Å². The molecule has 0 unspecified atom stereocenters. The van der Waals surface area contributed by atoms with Gasteiger partial charge in [0, 0.05) is 18.2 Å². The molecule has 0 amide bonds. The summed E-state index contributed by atoms with van der Waals surface area (Å²) in [5, 5.41) is 1.16. The molecule has 15 heavy (non-hydrogen) atoms. The fourth-order valence-corrected chi connectivity index (χ4v) is 1.85. The summed E-state index contributed by atoms with van der Waals surface area (Å²) in [5.74, 6) is 6.51. The van der Waals surface area contributed by atoms with E-state index in [9.17, 15) is 0 Å². The lowest BCUT2D eigenvalue weighted by molar-refractivity contribution is 0.616. The average molecular weight is 273 g/mol. The third-order valence-corrected chi connectivity index (χ3v) is 3.03. The van der Waals surface area contributed by atoms with E-state index >= 15 is 0 Å². The predicted octanol–water partition coefficient (Wildman–Crippen LogP) is 5.31. The second-order valence-electron chi connectivity index (χ2n) is 4.02. The molecule has 0 fully saturated rings. The van der Waals surface area contributed by atoms with Crippen LogP contribution in [0, 0.1) is 11.8 Å². The first-order valence-electron chi connectivity index (χ1n) is 6.43. The summed E-state index contributed by atoms with van der Waals surface area (Å²) < 4.78 is 0. The van der Waals surface area contributed by atoms with Crippen LogP contribution in [0.15, 0.2) is 0 Å². The molecule has 0 heterocycles. The lowest BCUT2D eigenvalue weighted by Gasteiger charge is -1.97. The Morgan fingerprint density at radius 3 is 1.87 bits per heavy atom. The van der Waals surface area contributed by atoms with E-state index in [0.29, 0.717) is 0 Å². The molecule has 0 aromatic rings. The largest absolute Gasteiger partial charge is 0.103 e. The Hall–Kier alpha value is 0.0400. The molecule has 0 aliphatic carbocycles. The normalized spacial score (nSPS) is 9.73. The quantitative estimate of drug-likeness (QED) is 0.303. The highest BCUT2D eigenvalue weighted by molar-refractivity contribution is 9.09. The maximum absolute atomic E-state index is 3.46. The van der Waals surface area contributed by atoms with E-state index in [0.717, 1.165) is 18.2 Å². The molecule has 0 saturated carbocycles. The van der Waals surface area contributed by atoms with E-state index in [4.69, 9.17) is 0 Å². The van der Waals surface area contributed by atoms with Gasteiger partial charge in [0.15, 0.2) is 0 Å². The number of hydrogen-bond donors (Lipinski definition) is 0. The van der Waals surface area contributed by atoms with Gasteiger partial charge >= 0.3 is 0 Å². The van der Waals surface area contributed by atoms with Gasteiger partial charge in [-0.25, -0.2) is 0 Å². The van der Waals surface area contributed by atoms with Gasteiger partial charge in [-0.15, -0.1) is 11.8 Å². The SMILES string of the molecule is CCCCC#CCCCCCCCCBr. The smallest absolute Gasteiger partial charge is 0.00886 e. The topological polar surface area (TPSA) is 0 Å². The summed E-state index contributed by atoms with van der Waals surface area (Å²) in [4.78, 5) is 0. The number of hydrogen-bond acceptors (Lipinski definition) is 0. The van der Waals surface area contributed by atoms with E-state index in [-0.39, 0.29) is 0 Å². The molecule has 88 valence electrons. The third kappa shape index (κ3) is 14.0. The van der Waals surface area contributed by atoms with Crippen LogP contribution in [0.5, 0.6) is 0 Å². The van der Waals surface area contributed by atoms with Crippen LogP contribution in [0.25, 0.3) is 0 Å². The zero-order chi connectivity index (χ0) is 11.2. The average Bonchev–Trinajstić information content (AvgIpc) is 2.26. The number of halogens is 1. The van der Waals surface area contributed by atoms with Crippen molar-refractivity contribution in [3.63, 3.8) is 0 Å². The highest BCUT2D eigenvalue weighted by atomic mass is 79.9. The summed E-state index contributed by atoms with van der Waals surface area (Å²) in [6.45, 7) is 2.22. The molecule has 0 aromatic carbocycles. The van der Waals surface area contributed by atoms with Gasteiger partial charge in [0.1, 0.15) is 0 Å². The zero-order valence-electron chi connectivity index (χ0n) is 10.2. The number of alkyl halides is 1. The monoisotopic (exact) mass is 272 g/mol. The maximum Gasteiger partial charge on any atom is 0.00886 e. The van der Waals surface area contributed by atoms with Crippen molar-refractivity contribution in [2.45, 2.75) is 71.1 Å². The van der Waals surface area contributed by atoms with Gasteiger partial charge < -0.3 is 0 Å². The maximum atomic E-state index is 3.46. The molecule has 0 aliphatic rings. The van der Waals surface area contributed by atoms with Crippen LogP contribution in [0.2, 0.25) is 0 Å². The molecule has 0 nitrogen and oxygen atoms in total. The van der Waals surface area contributed by atoms with Gasteiger partial charge in [0.05, 0.1) is 0 Å². The van der Waals surface area contributed by atoms with E-state index < -0.39 is 0 Å². The fraction of sp³-hybridized carbons (Fsp3) is 0.857. The van der Waals surface area contributed by atoms with Crippen LogP contribution in [0.4, 0.5) is 0 Å². The van der Waals surface area contributed by atoms with Crippen molar-refractivity contribution in [1.82, 2.24) is 0 Å². The molecule has 1 heteroatoms. The summed E-state index contributed by atoms with van der Waals surface area (Å²) in [7, 11) is 0. The van der Waals surface area contributed by atoms with Crippen LogP contribution >= 0.6 is 15.9 Å². The second kappa shape index (κ2) is 14.0. The summed E-state index contributed by atoms with van der Waals surface area (Å²) in [6, 6.07) is 0. The third-order valence-electron chi connectivity index (χ3n) is 2.47. The molecule has 0 radical (unpaired) electrons. The van der Waals surface area contributed by atoms with Gasteiger partial charge in [0.2, 0.25) is 0 Å². The van der Waals surface area contributed by atoms with E-state index in [2.05, 4.69) is 34.7 Å². The lowest BCUT2D eigenvalue weighted by atomic mass is 10.1. The molecule has 0 aromatic heterocycles. The Kier molecular flexibility index (Phi) is 14.1. The Bertz CT molecular complexity index is 164. The molecular formula is C14H25Br. The molecule has 0 spiro atoms. The van der Waals surface area contributed by atoms with Crippen molar-refractivity contribution >= 4 is 15.9 Å². The van der Waals surface area contributed by atoms with Crippen molar-refractivity contribution in [1.29, 1.82) is 0 Å². The highest BCUT2D eigenvalue weighted by Crippen LogP contribution is 2.07. The van der Waals surface area contributed by atoms with Crippen molar-refractivity contribution in [3.05, 3.63) is 0 Å². The number of rotatable bonds is 9. The van der Waals surface area contributed by atoms with Crippen molar-refractivity contribution < 1.29 is 0 Å². The highest BCUT2D eigenvalue weighted by Gasteiger charge is 1.89. The minimum atomic E-state index is 1.10. The molecule has 0 N–H and O–H groups in total. The Morgan fingerprint density at radius 1 is 0.733 bits per heavy atom. The Balaban J connectivity index is 2.99. The zero-order valence-corrected chi connectivity index (χ0v) is 11.7. The standard InChI is InChI=1S/C14H25Br/c1-2-3-4-5-6-7-8-9-10-11-12-13-14-15/h2-4,7-14H2,1H3. The minimum Gasteiger partial charge on any atom is -0.103 e.